The molecule has 96 valence electrons. The highest BCUT2D eigenvalue weighted by Crippen LogP contribution is 2.36. The third kappa shape index (κ3) is 2.83. The molecule has 3 N–H and O–H groups in total. The van der Waals surface area contributed by atoms with E-state index < -0.39 is 6.10 Å². The molecule has 2 aromatic rings. The van der Waals surface area contributed by atoms with Gasteiger partial charge in [0.25, 0.3) is 0 Å². The van der Waals surface area contributed by atoms with Crippen LogP contribution in [0.3, 0.4) is 0 Å². The van der Waals surface area contributed by atoms with Crippen molar-refractivity contribution in [3.8, 4) is 0 Å². The molecule has 2 rings (SSSR count). The largest absolute Gasteiger partial charge is 0.387 e. The number of rotatable bonds is 4. The van der Waals surface area contributed by atoms with Gasteiger partial charge in [-0.25, -0.2) is 0 Å². The standard InChI is InChI=1S/C14H16BrNOS/c1-9-6-7-13(18-9)14(17)11(8-16)10-4-2-3-5-12(10)15/h2-7,11,14,17H,8,16H2,1H3. The van der Waals surface area contributed by atoms with Gasteiger partial charge in [0.2, 0.25) is 0 Å². The van der Waals surface area contributed by atoms with Crippen LogP contribution < -0.4 is 5.73 Å². The Morgan fingerprint density at radius 2 is 2.00 bits per heavy atom. The third-order valence-corrected chi connectivity index (χ3v) is 4.79. The van der Waals surface area contributed by atoms with Crippen LogP contribution in [0.1, 0.15) is 27.3 Å². The molecule has 0 aliphatic heterocycles. The van der Waals surface area contributed by atoms with E-state index in [1.807, 2.05) is 43.3 Å². The summed E-state index contributed by atoms with van der Waals surface area (Å²) < 4.78 is 0.993. The minimum atomic E-state index is -0.549. The molecule has 18 heavy (non-hydrogen) atoms. The summed E-state index contributed by atoms with van der Waals surface area (Å²) in [7, 11) is 0. The van der Waals surface area contributed by atoms with Crippen LogP contribution in [0.4, 0.5) is 0 Å². The summed E-state index contributed by atoms with van der Waals surface area (Å²) in [5.41, 5.74) is 6.90. The number of benzene rings is 1. The molecule has 1 heterocycles. The molecule has 0 spiro atoms. The van der Waals surface area contributed by atoms with Crippen molar-refractivity contribution < 1.29 is 5.11 Å². The average Bonchev–Trinajstić information content (AvgIpc) is 2.79. The molecular formula is C14H16BrNOS. The molecule has 0 aliphatic carbocycles. The fourth-order valence-corrected chi connectivity index (χ4v) is 3.52. The van der Waals surface area contributed by atoms with Gasteiger partial charge in [0.15, 0.2) is 0 Å². The van der Waals surface area contributed by atoms with Gasteiger partial charge in [-0.2, -0.15) is 0 Å². The SMILES string of the molecule is Cc1ccc(C(O)C(CN)c2ccccc2Br)s1. The van der Waals surface area contributed by atoms with Gasteiger partial charge in [-0.1, -0.05) is 34.1 Å². The van der Waals surface area contributed by atoms with Gasteiger partial charge in [0, 0.05) is 26.7 Å². The lowest BCUT2D eigenvalue weighted by Gasteiger charge is -2.22. The molecule has 0 bridgehead atoms. The van der Waals surface area contributed by atoms with Crippen LogP contribution in [0.2, 0.25) is 0 Å². The third-order valence-electron chi connectivity index (χ3n) is 2.99. The summed E-state index contributed by atoms with van der Waals surface area (Å²) in [6, 6.07) is 11.9. The van der Waals surface area contributed by atoms with E-state index in [2.05, 4.69) is 15.9 Å². The molecule has 2 nitrogen and oxygen atoms in total. The van der Waals surface area contributed by atoms with Crippen molar-refractivity contribution >= 4 is 27.3 Å². The Balaban J connectivity index is 2.32. The zero-order chi connectivity index (χ0) is 13.1. The first-order chi connectivity index (χ1) is 8.63. The van der Waals surface area contributed by atoms with Crippen molar-refractivity contribution in [3.05, 3.63) is 56.2 Å². The van der Waals surface area contributed by atoms with E-state index in [0.717, 1.165) is 14.9 Å². The smallest absolute Gasteiger partial charge is 0.0962 e. The van der Waals surface area contributed by atoms with Gasteiger partial charge in [0.05, 0.1) is 6.10 Å². The van der Waals surface area contributed by atoms with Gasteiger partial charge in [-0.15, -0.1) is 11.3 Å². The van der Waals surface area contributed by atoms with E-state index in [-0.39, 0.29) is 5.92 Å². The topological polar surface area (TPSA) is 46.2 Å². The summed E-state index contributed by atoms with van der Waals surface area (Å²) in [5, 5.41) is 10.5. The summed E-state index contributed by atoms with van der Waals surface area (Å²) in [5.74, 6) is -0.0846. The Bertz CT molecular complexity index is 526. The summed E-state index contributed by atoms with van der Waals surface area (Å²) in [6.45, 7) is 2.46. The lowest BCUT2D eigenvalue weighted by Crippen LogP contribution is -2.20. The van der Waals surface area contributed by atoms with Crippen LogP contribution in [-0.4, -0.2) is 11.7 Å². The maximum absolute atomic E-state index is 10.5. The molecule has 2 unspecified atom stereocenters. The molecular weight excluding hydrogens is 310 g/mol. The molecule has 2 atom stereocenters. The Hall–Kier alpha value is -0.680. The van der Waals surface area contributed by atoms with E-state index >= 15 is 0 Å². The maximum Gasteiger partial charge on any atom is 0.0962 e. The van der Waals surface area contributed by atoms with Crippen LogP contribution >= 0.6 is 27.3 Å². The molecule has 0 radical (unpaired) electrons. The minimum absolute atomic E-state index is 0.0846. The number of aryl methyl sites for hydroxylation is 1. The van der Waals surface area contributed by atoms with Gasteiger partial charge in [-0.05, 0) is 30.7 Å². The highest BCUT2D eigenvalue weighted by atomic mass is 79.9. The molecule has 0 saturated carbocycles. The van der Waals surface area contributed by atoms with Crippen molar-refractivity contribution in [3.63, 3.8) is 0 Å². The van der Waals surface area contributed by atoms with Gasteiger partial charge in [-0.3, -0.25) is 0 Å². The van der Waals surface area contributed by atoms with E-state index in [1.54, 1.807) is 11.3 Å². The molecule has 1 aromatic heterocycles. The predicted molar refractivity (Wildman–Crippen MR) is 80.0 cm³/mol. The van der Waals surface area contributed by atoms with E-state index in [1.165, 1.54) is 4.88 Å². The lowest BCUT2D eigenvalue weighted by molar-refractivity contribution is 0.151. The Morgan fingerprint density at radius 3 is 2.56 bits per heavy atom. The van der Waals surface area contributed by atoms with Crippen LogP contribution in [0.25, 0.3) is 0 Å². The van der Waals surface area contributed by atoms with Crippen molar-refractivity contribution in [1.29, 1.82) is 0 Å². The first-order valence-corrected chi connectivity index (χ1v) is 7.43. The van der Waals surface area contributed by atoms with Gasteiger partial charge < -0.3 is 10.8 Å². The minimum Gasteiger partial charge on any atom is -0.387 e. The number of halogens is 1. The van der Waals surface area contributed by atoms with Crippen molar-refractivity contribution in [2.75, 3.05) is 6.54 Å². The predicted octanol–water partition coefficient (Wildman–Crippen LogP) is 3.59. The van der Waals surface area contributed by atoms with Crippen LogP contribution in [0.15, 0.2) is 40.9 Å². The van der Waals surface area contributed by atoms with Crippen LogP contribution in [0.5, 0.6) is 0 Å². The molecule has 0 fully saturated rings. The zero-order valence-electron chi connectivity index (χ0n) is 10.1. The number of thiophene rings is 1. The summed E-state index contributed by atoms with van der Waals surface area (Å²) >= 11 is 5.14. The number of hydrogen-bond donors (Lipinski definition) is 2. The molecule has 1 aromatic carbocycles. The van der Waals surface area contributed by atoms with Crippen LogP contribution in [0, 0.1) is 6.92 Å². The van der Waals surface area contributed by atoms with Gasteiger partial charge >= 0.3 is 0 Å². The van der Waals surface area contributed by atoms with Crippen molar-refractivity contribution in [2.24, 2.45) is 5.73 Å². The number of nitrogens with two attached hydrogens (primary N) is 1. The second kappa shape index (κ2) is 5.97. The highest BCUT2D eigenvalue weighted by molar-refractivity contribution is 9.10. The zero-order valence-corrected chi connectivity index (χ0v) is 12.5. The first kappa shape index (κ1) is 13.7. The van der Waals surface area contributed by atoms with E-state index in [9.17, 15) is 5.11 Å². The Kier molecular flexibility index (Phi) is 4.56. The molecule has 0 amide bonds. The van der Waals surface area contributed by atoms with Crippen molar-refractivity contribution in [1.82, 2.24) is 0 Å². The lowest BCUT2D eigenvalue weighted by atomic mass is 9.92. The molecule has 0 saturated heterocycles. The normalized spacial score (nSPS) is 14.4. The quantitative estimate of drug-likeness (QED) is 0.902. The first-order valence-electron chi connectivity index (χ1n) is 5.82. The average molecular weight is 326 g/mol. The number of aliphatic hydroxyl groups is 1. The highest BCUT2D eigenvalue weighted by Gasteiger charge is 2.24. The second-order valence-corrected chi connectivity index (χ2v) is 6.43. The Labute approximate surface area is 120 Å². The van der Waals surface area contributed by atoms with E-state index in [0.29, 0.717) is 6.54 Å². The molecule has 4 heteroatoms. The summed E-state index contributed by atoms with van der Waals surface area (Å²) in [4.78, 5) is 2.17. The summed E-state index contributed by atoms with van der Waals surface area (Å²) in [6.07, 6.45) is -0.549. The number of aliphatic hydroxyl groups excluding tert-OH is 1. The fourth-order valence-electron chi connectivity index (χ4n) is 2.01. The number of hydrogen-bond acceptors (Lipinski definition) is 3. The van der Waals surface area contributed by atoms with E-state index in [4.69, 9.17) is 5.73 Å². The molecule has 0 aliphatic rings. The van der Waals surface area contributed by atoms with Gasteiger partial charge in [0.1, 0.15) is 0 Å². The fraction of sp³-hybridized carbons (Fsp3) is 0.286. The van der Waals surface area contributed by atoms with Crippen molar-refractivity contribution in [2.45, 2.75) is 18.9 Å². The van der Waals surface area contributed by atoms with Crippen LogP contribution in [-0.2, 0) is 0 Å². The second-order valence-electron chi connectivity index (χ2n) is 4.26. The Morgan fingerprint density at radius 1 is 1.28 bits per heavy atom. The monoisotopic (exact) mass is 325 g/mol. The maximum atomic E-state index is 10.5.